The number of rotatable bonds is 4. The van der Waals surface area contributed by atoms with Crippen LogP contribution in [-0.2, 0) is 4.79 Å². The molecule has 0 saturated heterocycles. The van der Waals surface area contributed by atoms with Gasteiger partial charge in [-0.15, -0.1) is 10.2 Å². The van der Waals surface area contributed by atoms with Gasteiger partial charge < -0.3 is 4.74 Å². The standard InChI is InChI=1S/C23H19N5O2S/c1-15(28-25-22(24-26-28)16-11-13-17(30-2)14-12-16)23(29)27-18-7-3-5-9-20(18)31-21-10-6-4-8-19(21)27/h3-15H,1-2H3. The van der Waals surface area contributed by atoms with E-state index in [1.165, 1.54) is 4.80 Å². The topological polar surface area (TPSA) is 73.1 Å². The van der Waals surface area contributed by atoms with Crippen LogP contribution in [0.15, 0.2) is 82.6 Å². The normalized spacial score (nSPS) is 13.3. The number of ether oxygens (including phenoxy) is 1. The minimum Gasteiger partial charge on any atom is -0.497 e. The maximum atomic E-state index is 13.6. The summed E-state index contributed by atoms with van der Waals surface area (Å²) in [4.78, 5) is 18.8. The Balaban J connectivity index is 1.48. The van der Waals surface area contributed by atoms with Gasteiger partial charge in [0.05, 0.1) is 18.5 Å². The Hall–Kier alpha value is -3.65. The van der Waals surface area contributed by atoms with E-state index in [0.717, 1.165) is 32.5 Å². The van der Waals surface area contributed by atoms with Gasteiger partial charge in [0, 0.05) is 15.4 Å². The van der Waals surface area contributed by atoms with Crippen LogP contribution in [0.1, 0.15) is 13.0 Å². The molecule has 1 amide bonds. The number of hydrogen-bond acceptors (Lipinski definition) is 6. The molecule has 2 heterocycles. The second-order valence-corrected chi connectivity index (χ2v) is 8.13. The number of carbonyl (C=O) groups is 1. The van der Waals surface area contributed by atoms with Crippen molar-refractivity contribution in [3.63, 3.8) is 0 Å². The lowest BCUT2D eigenvalue weighted by atomic mass is 10.2. The van der Waals surface area contributed by atoms with Gasteiger partial charge in [-0.2, -0.15) is 4.80 Å². The number of para-hydroxylation sites is 2. The van der Waals surface area contributed by atoms with Crippen molar-refractivity contribution in [2.75, 3.05) is 12.0 Å². The lowest BCUT2D eigenvalue weighted by molar-refractivity contribution is -0.121. The van der Waals surface area contributed by atoms with E-state index in [-0.39, 0.29) is 5.91 Å². The fraction of sp³-hybridized carbons (Fsp3) is 0.130. The maximum absolute atomic E-state index is 13.6. The minimum absolute atomic E-state index is 0.126. The van der Waals surface area contributed by atoms with Gasteiger partial charge in [-0.25, -0.2) is 0 Å². The highest BCUT2D eigenvalue weighted by Crippen LogP contribution is 2.48. The molecular formula is C23H19N5O2S. The summed E-state index contributed by atoms with van der Waals surface area (Å²) in [5.74, 6) is 1.08. The number of fused-ring (bicyclic) bond motifs is 2. The third-order valence-electron chi connectivity index (χ3n) is 5.13. The summed E-state index contributed by atoms with van der Waals surface area (Å²) >= 11 is 1.66. The molecular weight excluding hydrogens is 410 g/mol. The van der Waals surface area contributed by atoms with Crippen molar-refractivity contribution in [3.8, 4) is 17.1 Å². The fourth-order valence-electron chi connectivity index (χ4n) is 3.47. The minimum atomic E-state index is -0.635. The number of hydrogen-bond donors (Lipinski definition) is 0. The molecule has 0 fully saturated rings. The summed E-state index contributed by atoms with van der Waals surface area (Å²) in [7, 11) is 1.62. The number of tetrazole rings is 1. The van der Waals surface area contributed by atoms with E-state index in [2.05, 4.69) is 15.4 Å². The van der Waals surface area contributed by atoms with Gasteiger partial charge in [0.2, 0.25) is 5.82 Å². The average molecular weight is 430 g/mol. The molecule has 7 nitrogen and oxygen atoms in total. The van der Waals surface area contributed by atoms with Crippen molar-refractivity contribution >= 4 is 29.0 Å². The first-order valence-electron chi connectivity index (χ1n) is 9.79. The van der Waals surface area contributed by atoms with Gasteiger partial charge in [-0.3, -0.25) is 9.69 Å². The summed E-state index contributed by atoms with van der Waals surface area (Å²) in [5, 5.41) is 12.8. The van der Waals surface area contributed by atoms with Gasteiger partial charge in [0.25, 0.3) is 5.91 Å². The van der Waals surface area contributed by atoms with Crippen LogP contribution in [0.3, 0.4) is 0 Å². The second-order valence-electron chi connectivity index (χ2n) is 7.05. The molecule has 1 aliphatic rings. The molecule has 1 aromatic heterocycles. The van der Waals surface area contributed by atoms with Crippen LogP contribution < -0.4 is 9.64 Å². The van der Waals surface area contributed by atoms with E-state index in [0.29, 0.717) is 5.82 Å². The Morgan fingerprint density at radius 1 is 0.935 bits per heavy atom. The van der Waals surface area contributed by atoms with Crippen LogP contribution in [0.2, 0.25) is 0 Å². The highest BCUT2D eigenvalue weighted by Gasteiger charge is 2.32. The number of nitrogens with zero attached hydrogens (tertiary/aromatic N) is 5. The van der Waals surface area contributed by atoms with E-state index in [9.17, 15) is 4.79 Å². The molecule has 1 atom stereocenters. The third-order valence-corrected chi connectivity index (χ3v) is 6.26. The zero-order valence-corrected chi connectivity index (χ0v) is 17.8. The summed E-state index contributed by atoms with van der Waals surface area (Å²) in [6.45, 7) is 1.79. The Morgan fingerprint density at radius 2 is 1.55 bits per heavy atom. The molecule has 0 bridgehead atoms. The zero-order valence-electron chi connectivity index (χ0n) is 17.0. The number of aromatic nitrogens is 4. The molecule has 4 aromatic rings. The summed E-state index contributed by atoms with van der Waals surface area (Å²) < 4.78 is 5.19. The van der Waals surface area contributed by atoms with E-state index < -0.39 is 6.04 Å². The largest absolute Gasteiger partial charge is 0.497 e. The number of methoxy groups -OCH3 is 1. The van der Waals surface area contributed by atoms with Gasteiger partial charge in [0.1, 0.15) is 11.8 Å². The number of anilines is 2. The van der Waals surface area contributed by atoms with Crippen LogP contribution in [-0.4, -0.2) is 33.2 Å². The monoisotopic (exact) mass is 429 g/mol. The molecule has 1 aliphatic heterocycles. The van der Waals surface area contributed by atoms with Gasteiger partial charge >= 0.3 is 0 Å². The van der Waals surface area contributed by atoms with Crippen molar-refractivity contribution in [1.82, 2.24) is 20.2 Å². The Bertz CT molecular complexity index is 1210. The van der Waals surface area contributed by atoms with Crippen LogP contribution in [0, 0.1) is 0 Å². The zero-order chi connectivity index (χ0) is 21.4. The number of amides is 1. The second kappa shape index (κ2) is 7.88. The van der Waals surface area contributed by atoms with Crippen molar-refractivity contribution < 1.29 is 9.53 Å². The van der Waals surface area contributed by atoms with Gasteiger partial charge in [-0.05, 0) is 60.7 Å². The summed E-state index contributed by atoms with van der Waals surface area (Å²) in [6, 6.07) is 22.6. The van der Waals surface area contributed by atoms with Crippen LogP contribution >= 0.6 is 11.8 Å². The van der Waals surface area contributed by atoms with Crippen molar-refractivity contribution in [3.05, 3.63) is 72.8 Å². The summed E-state index contributed by atoms with van der Waals surface area (Å²) in [6.07, 6.45) is 0. The molecule has 154 valence electrons. The van der Waals surface area contributed by atoms with Gasteiger partial charge in [0.15, 0.2) is 0 Å². The molecule has 31 heavy (non-hydrogen) atoms. The fourth-order valence-corrected chi connectivity index (χ4v) is 4.53. The number of benzene rings is 3. The Labute approximate surface area is 183 Å². The molecule has 1 unspecified atom stereocenters. The molecule has 0 radical (unpaired) electrons. The molecule has 5 rings (SSSR count). The molecule has 0 N–H and O–H groups in total. The SMILES string of the molecule is COc1ccc(-c2nnn(C(C)C(=O)N3c4ccccc4Sc4ccccc43)n2)cc1. The van der Waals surface area contributed by atoms with Crippen LogP contribution in [0.25, 0.3) is 11.4 Å². The Morgan fingerprint density at radius 3 is 2.16 bits per heavy atom. The van der Waals surface area contributed by atoms with E-state index in [4.69, 9.17) is 4.74 Å². The maximum Gasteiger partial charge on any atom is 0.258 e. The van der Waals surface area contributed by atoms with Crippen molar-refractivity contribution in [2.24, 2.45) is 0 Å². The quantitative estimate of drug-likeness (QED) is 0.467. The van der Waals surface area contributed by atoms with E-state index in [1.807, 2.05) is 72.8 Å². The van der Waals surface area contributed by atoms with Gasteiger partial charge in [-0.1, -0.05) is 36.0 Å². The first-order valence-corrected chi connectivity index (χ1v) is 10.6. The lowest BCUT2D eigenvalue weighted by Crippen LogP contribution is -2.35. The average Bonchev–Trinajstić information content (AvgIpc) is 3.32. The molecule has 0 aliphatic carbocycles. The molecule has 0 spiro atoms. The first kappa shape index (κ1) is 19.3. The Kier molecular flexibility index (Phi) is 4.91. The van der Waals surface area contributed by atoms with Crippen molar-refractivity contribution in [1.29, 1.82) is 0 Å². The predicted octanol–water partition coefficient (Wildman–Crippen LogP) is 4.74. The highest BCUT2D eigenvalue weighted by atomic mass is 32.2. The van der Waals surface area contributed by atoms with E-state index in [1.54, 1.807) is 30.7 Å². The van der Waals surface area contributed by atoms with Crippen LogP contribution in [0.4, 0.5) is 11.4 Å². The predicted molar refractivity (Wildman–Crippen MR) is 119 cm³/mol. The van der Waals surface area contributed by atoms with Crippen LogP contribution in [0.5, 0.6) is 5.75 Å². The summed E-state index contributed by atoms with van der Waals surface area (Å²) in [5.41, 5.74) is 2.52. The first-order chi connectivity index (χ1) is 15.2. The molecule has 0 saturated carbocycles. The van der Waals surface area contributed by atoms with Crippen molar-refractivity contribution in [2.45, 2.75) is 22.8 Å². The van der Waals surface area contributed by atoms with E-state index >= 15 is 0 Å². The number of carbonyl (C=O) groups excluding carboxylic acids is 1. The molecule has 3 aromatic carbocycles. The lowest BCUT2D eigenvalue weighted by Gasteiger charge is -2.32. The smallest absolute Gasteiger partial charge is 0.258 e. The third kappa shape index (κ3) is 3.44. The highest BCUT2D eigenvalue weighted by molar-refractivity contribution is 7.99. The molecule has 8 heteroatoms.